The molecule has 2 fully saturated rings. The second kappa shape index (κ2) is 3.01. The van der Waals surface area contributed by atoms with Gasteiger partial charge in [-0.3, -0.25) is 4.79 Å². The lowest BCUT2D eigenvalue weighted by Crippen LogP contribution is -2.49. The van der Waals surface area contributed by atoms with Crippen molar-refractivity contribution in [2.45, 2.75) is 46.1 Å². The van der Waals surface area contributed by atoms with Gasteiger partial charge in [0.25, 0.3) is 0 Å². The Hall–Kier alpha value is -0.970. The predicted molar refractivity (Wildman–Crippen MR) is 60.1 cm³/mol. The van der Waals surface area contributed by atoms with Gasteiger partial charge in [-0.1, -0.05) is 19.8 Å². The molecule has 1 aliphatic carbocycles. The normalized spacial score (nSPS) is 36.7. The van der Waals surface area contributed by atoms with E-state index in [1.165, 1.54) is 0 Å². The van der Waals surface area contributed by atoms with Crippen LogP contribution in [0.25, 0.3) is 0 Å². The van der Waals surface area contributed by atoms with Crippen LogP contribution in [-0.2, 0) is 4.79 Å². The largest absolute Gasteiger partial charge is 0.325 e. The zero-order chi connectivity index (χ0) is 11.3. The first kappa shape index (κ1) is 10.5. The van der Waals surface area contributed by atoms with Gasteiger partial charge >= 0.3 is 0 Å². The van der Waals surface area contributed by atoms with Crippen LogP contribution in [0.3, 0.4) is 0 Å². The molecular formula is C13H19NO. The third kappa shape index (κ3) is 1.10. The summed E-state index contributed by atoms with van der Waals surface area (Å²) in [4.78, 5) is 14.1. The molecule has 1 saturated heterocycles. The van der Waals surface area contributed by atoms with Crippen molar-refractivity contribution in [3.8, 4) is 11.8 Å². The molecule has 2 aliphatic rings. The second-order valence-corrected chi connectivity index (χ2v) is 5.44. The molecule has 2 heteroatoms. The summed E-state index contributed by atoms with van der Waals surface area (Å²) in [6, 6.07) is 0. The van der Waals surface area contributed by atoms with Crippen LogP contribution >= 0.6 is 0 Å². The number of nitrogens with zero attached hydrogens (tertiary/aromatic N) is 1. The van der Waals surface area contributed by atoms with E-state index in [1.54, 1.807) is 0 Å². The lowest BCUT2D eigenvalue weighted by molar-refractivity contribution is -0.135. The molecule has 1 saturated carbocycles. The summed E-state index contributed by atoms with van der Waals surface area (Å²) in [5.41, 5.74) is 0.137. The molecule has 2 unspecified atom stereocenters. The molecule has 1 amide bonds. The molecule has 0 radical (unpaired) electrons. The fourth-order valence-electron chi connectivity index (χ4n) is 3.24. The van der Waals surface area contributed by atoms with Gasteiger partial charge in [0.1, 0.15) is 0 Å². The molecule has 0 N–H and O–H groups in total. The standard InChI is InChI=1S/C13H19NO/c1-5-6-9-14-11(15)10-7-8-13(14,4)12(10,2)3/h10H,7-9H2,1-4H3. The summed E-state index contributed by atoms with van der Waals surface area (Å²) in [6.45, 7) is 9.09. The van der Waals surface area contributed by atoms with Gasteiger partial charge in [-0.25, -0.2) is 0 Å². The number of amides is 1. The van der Waals surface area contributed by atoms with Gasteiger partial charge in [-0.2, -0.15) is 0 Å². The van der Waals surface area contributed by atoms with Crippen molar-refractivity contribution in [1.82, 2.24) is 4.90 Å². The highest BCUT2D eigenvalue weighted by Crippen LogP contribution is 2.59. The maximum atomic E-state index is 12.2. The zero-order valence-electron chi connectivity index (χ0n) is 10.1. The topological polar surface area (TPSA) is 20.3 Å². The molecule has 2 nitrogen and oxygen atoms in total. The first-order chi connectivity index (χ1) is 6.95. The van der Waals surface area contributed by atoms with E-state index >= 15 is 0 Å². The van der Waals surface area contributed by atoms with Gasteiger partial charge in [-0.05, 0) is 32.1 Å². The van der Waals surface area contributed by atoms with Crippen LogP contribution in [0.15, 0.2) is 0 Å². The molecule has 2 atom stereocenters. The lowest BCUT2D eigenvalue weighted by atomic mass is 9.75. The zero-order valence-corrected chi connectivity index (χ0v) is 10.1. The molecular weight excluding hydrogens is 186 g/mol. The first-order valence-electron chi connectivity index (χ1n) is 5.66. The van der Waals surface area contributed by atoms with E-state index in [0.29, 0.717) is 12.5 Å². The highest BCUT2D eigenvalue weighted by molar-refractivity contribution is 5.85. The Balaban J connectivity index is 2.35. The van der Waals surface area contributed by atoms with Crippen LogP contribution in [0.4, 0.5) is 0 Å². The van der Waals surface area contributed by atoms with Gasteiger partial charge in [0.15, 0.2) is 0 Å². The quantitative estimate of drug-likeness (QED) is 0.600. The minimum Gasteiger partial charge on any atom is -0.325 e. The third-order valence-electron chi connectivity index (χ3n) is 4.75. The molecule has 2 rings (SSSR count). The van der Waals surface area contributed by atoms with Crippen LogP contribution in [0, 0.1) is 23.2 Å². The smallest absolute Gasteiger partial charge is 0.227 e. The predicted octanol–water partition coefficient (Wildman–Crippen LogP) is 2.05. The second-order valence-electron chi connectivity index (χ2n) is 5.44. The Morgan fingerprint density at radius 1 is 1.47 bits per heavy atom. The highest BCUT2D eigenvalue weighted by Gasteiger charge is 2.64. The maximum absolute atomic E-state index is 12.2. The number of likely N-dealkylation sites (tertiary alicyclic amines) is 1. The number of piperidine rings is 1. The monoisotopic (exact) mass is 205 g/mol. The molecule has 82 valence electrons. The number of fused-ring (bicyclic) bond motifs is 2. The number of carbonyl (C=O) groups is 1. The minimum atomic E-state index is 0.0264. The summed E-state index contributed by atoms with van der Waals surface area (Å²) in [6.07, 6.45) is 2.18. The molecule has 0 aromatic rings. The molecule has 0 aromatic heterocycles. The molecule has 15 heavy (non-hydrogen) atoms. The van der Waals surface area contributed by atoms with E-state index in [1.807, 2.05) is 11.8 Å². The molecule has 0 aromatic carbocycles. The summed E-state index contributed by atoms with van der Waals surface area (Å²) in [5.74, 6) is 6.44. The Morgan fingerprint density at radius 2 is 2.13 bits per heavy atom. The van der Waals surface area contributed by atoms with Crippen molar-refractivity contribution in [2.24, 2.45) is 11.3 Å². The molecule has 2 bridgehead atoms. The van der Waals surface area contributed by atoms with Gasteiger partial charge in [-0.15, -0.1) is 5.92 Å². The van der Waals surface area contributed by atoms with Crippen LogP contribution in [-0.4, -0.2) is 22.9 Å². The summed E-state index contributed by atoms with van der Waals surface area (Å²) < 4.78 is 0. The van der Waals surface area contributed by atoms with Crippen LogP contribution in [0.1, 0.15) is 40.5 Å². The van der Waals surface area contributed by atoms with Gasteiger partial charge in [0.2, 0.25) is 5.91 Å². The summed E-state index contributed by atoms with van der Waals surface area (Å²) in [5, 5.41) is 0. The number of hydrogen-bond acceptors (Lipinski definition) is 1. The molecule has 1 aliphatic heterocycles. The van der Waals surface area contributed by atoms with Crippen LogP contribution in [0.5, 0.6) is 0 Å². The van der Waals surface area contributed by atoms with Gasteiger partial charge < -0.3 is 4.90 Å². The van der Waals surface area contributed by atoms with Crippen molar-refractivity contribution in [2.75, 3.05) is 6.54 Å². The third-order valence-corrected chi connectivity index (χ3v) is 4.75. The van der Waals surface area contributed by atoms with Crippen molar-refractivity contribution >= 4 is 5.91 Å². The summed E-state index contributed by atoms with van der Waals surface area (Å²) >= 11 is 0. The number of carbonyl (C=O) groups excluding carboxylic acids is 1. The van der Waals surface area contributed by atoms with E-state index in [0.717, 1.165) is 12.8 Å². The van der Waals surface area contributed by atoms with Crippen molar-refractivity contribution < 1.29 is 4.79 Å². The average Bonchev–Trinajstić information content (AvgIpc) is 2.45. The number of hydrogen-bond donors (Lipinski definition) is 0. The SMILES string of the molecule is CC#CCN1C(=O)C2CCC1(C)C2(C)C. The maximum Gasteiger partial charge on any atom is 0.227 e. The van der Waals surface area contributed by atoms with Crippen molar-refractivity contribution in [3.63, 3.8) is 0 Å². The van der Waals surface area contributed by atoms with E-state index in [4.69, 9.17) is 0 Å². The molecule has 1 heterocycles. The summed E-state index contributed by atoms with van der Waals surface area (Å²) in [7, 11) is 0. The molecule has 0 spiro atoms. The fraction of sp³-hybridized carbons (Fsp3) is 0.769. The van der Waals surface area contributed by atoms with Crippen molar-refractivity contribution in [1.29, 1.82) is 0 Å². The van der Waals surface area contributed by atoms with E-state index in [2.05, 4.69) is 32.6 Å². The average molecular weight is 205 g/mol. The highest BCUT2D eigenvalue weighted by atomic mass is 16.2. The van der Waals surface area contributed by atoms with Gasteiger partial charge in [0.05, 0.1) is 6.54 Å². The van der Waals surface area contributed by atoms with E-state index < -0.39 is 0 Å². The number of rotatable bonds is 1. The Bertz CT molecular complexity index is 360. The van der Waals surface area contributed by atoms with Gasteiger partial charge in [0, 0.05) is 11.5 Å². The lowest BCUT2D eigenvalue weighted by Gasteiger charge is -2.40. The van der Waals surface area contributed by atoms with E-state index in [9.17, 15) is 4.79 Å². The Kier molecular flexibility index (Phi) is 2.12. The minimum absolute atomic E-state index is 0.0264. The van der Waals surface area contributed by atoms with Crippen LogP contribution < -0.4 is 0 Å². The Labute approximate surface area is 92.0 Å². The van der Waals surface area contributed by atoms with E-state index in [-0.39, 0.29) is 16.9 Å². The fourth-order valence-corrected chi connectivity index (χ4v) is 3.24. The van der Waals surface area contributed by atoms with Crippen molar-refractivity contribution in [3.05, 3.63) is 0 Å². The first-order valence-corrected chi connectivity index (χ1v) is 5.66. The van der Waals surface area contributed by atoms with Crippen LogP contribution in [0.2, 0.25) is 0 Å². The Morgan fingerprint density at radius 3 is 2.60 bits per heavy atom.